The van der Waals surface area contributed by atoms with Crippen molar-refractivity contribution in [1.29, 1.82) is 0 Å². The normalized spacial score (nSPS) is 23.5. The Morgan fingerprint density at radius 3 is 1.23 bits per heavy atom. The molecular formula is C43H86NO11P. The topological polar surface area (TPSA) is 206 Å². The predicted octanol–water partition coefficient (Wildman–Crippen LogP) is 8.29. The molecule has 0 radical (unpaired) electrons. The molecule has 9 atom stereocenters. The van der Waals surface area contributed by atoms with Crippen molar-refractivity contribution in [3.63, 3.8) is 0 Å². The van der Waals surface area contributed by atoms with Crippen molar-refractivity contribution < 1.29 is 53.9 Å². The number of amides is 1. The van der Waals surface area contributed by atoms with Crippen molar-refractivity contribution >= 4 is 13.7 Å². The SMILES string of the molecule is CCCCCCCCCCCCCCCCCC(=O)N[C@@H](COP(=O)(O)OC1C(O)C(O)C(O)[C@@H](O)C1O)[C@H](O)CCCCCCCCCCCCCCCC. The Morgan fingerprint density at radius 2 is 0.857 bits per heavy atom. The summed E-state index contributed by atoms with van der Waals surface area (Å²) in [6.45, 7) is 3.89. The van der Waals surface area contributed by atoms with Gasteiger partial charge in [0, 0.05) is 6.42 Å². The van der Waals surface area contributed by atoms with Crippen molar-refractivity contribution in [3.05, 3.63) is 0 Å². The molecule has 1 aliphatic carbocycles. The molecule has 0 aromatic heterocycles. The van der Waals surface area contributed by atoms with Crippen molar-refractivity contribution in [2.75, 3.05) is 6.61 Å². The lowest BCUT2D eigenvalue weighted by molar-refractivity contribution is -0.220. The lowest BCUT2D eigenvalue weighted by atomic mass is 9.85. The van der Waals surface area contributed by atoms with E-state index in [-0.39, 0.29) is 12.3 Å². The minimum Gasteiger partial charge on any atom is -0.391 e. The molecule has 1 rings (SSSR count). The molecule has 0 bridgehead atoms. The first-order valence-corrected chi connectivity index (χ1v) is 24.5. The second kappa shape index (κ2) is 34.1. The summed E-state index contributed by atoms with van der Waals surface area (Å²) in [5.41, 5.74) is 0. The van der Waals surface area contributed by atoms with Crippen LogP contribution in [0, 0.1) is 0 Å². The molecule has 0 heterocycles. The molecule has 1 aliphatic rings. The minimum absolute atomic E-state index is 0.242. The van der Waals surface area contributed by atoms with E-state index >= 15 is 0 Å². The Balaban J connectivity index is 2.47. The number of rotatable bonds is 38. The van der Waals surface area contributed by atoms with Gasteiger partial charge in [-0.3, -0.25) is 13.8 Å². The van der Waals surface area contributed by atoms with Crippen molar-refractivity contribution in [2.45, 2.75) is 262 Å². The van der Waals surface area contributed by atoms with Gasteiger partial charge in [0.1, 0.15) is 36.6 Å². The summed E-state index contributed by atoms with van der Waals surface area (Å²) in [6.07, 6.45) is 22.7. The summed E-state index contributed by atoms with van der Waals surface area (Å²) in [5.74, 6) is -0.305. The van der Waals surface area contributed by atoms with Crippen LogP contribution in [0.2, 0.25) is 0 Å². The zero-order chi connectivity index (χ0) is 41.4. The molecule has 1 saturated carbocycles. The molecule has 0 aromatic rings. The molecule has 8 N–H and O–H groups in total. The van der Waals surface area contributed by atoms with E-state index in [1.165, 1.54) is 135 Å². The van der Waals surface area contributed by atoms with Gasteiger partial charge in [0.15, 0.2) is 0 Å². The van der Waals surface area contributed by atoms with Crippen LogP contribution in [0.15, 0.2) is 0 Å². The van der Waals surface area contributed by atoms with Crippen LogP contribution in [0.3, 0.4) is 0 Å². The van der Waals surface area contributed by atoms with Gasteiger partial charge in [0.25, 0.3) is 0 Å². The Morgan fingerprint density at radius 1 is 0.536 bits per heavy atom. The average molecular weight is 824 g/mol. The van der Waals surface area contributed by atoms with Gasteiger partial charge < -0.3 is 40.8 Å². The highest BCUT2D eigenvalue weighted by Gasteiger charge is 2.51. The third-order valence-electron chi connectivity index (χ3n) is 11.4. The molecule has 6 unspecified atom stereocenters. The van der Waals surface area contributed by atoms with Gasteiger partial charge in [-0.2, -0.15) is 0 Å². The average Bonchev–Trinajstić information content (AvgIpc) is 3.18. The van der Waals surface area contributed by atoms with Crippen LogP contribution in [0.1, 0.15) is 213 Å². The Bertz CT molecular complexity index is 962. The van der Waals surface area contributed by atoms with Gasteiger partial charge in [-0.15, -0.1) is 0 Å². The van der Waals surface area contributed by atoms with Gasteiger partial charge in [0.05, 0.1) is 18.8 Å². The van der Waals surface area contributed by atoms with Gasteiger partial charge in [-0.1, -0.05) is 194 Å². The number of aliphatic hydroxyl groups excluding tert-OH is 6. The van der Waals surface area contributed by atoms with Crippen LogP contribution >= 0.6 is 7.82 Å². The Hall–Kier alpha value is -0.660. The van der Waals surface area contributed by atoms with Gasteiger partial charge in [-0.25, -0.2) is 4.57 Å². The number of hydrogen-bond donors (Lipinski definition) is 8. The zero-order valence-electron chi connectivity index (χ0n) is 35.5. The van der Waals surface area contributed by atoms with E-state index in [1.807, 2.05) is 0 Å². The smallest absolute Gasteiger partial charge is 0.391 e. The zero-order valence-corrected chi connectivity index (χ0v) is 36.4. The highest BCUT2D eigenvalue weighted by molar-refractivity contribution is 7.47. The predicted molar refractivity (Wildman–Crippen MR) is 223 cm³/mol. The van der Waals surface area contributed by atoms with Crippen LogP contribution in [-0.2, 0) is 18.4 Å². The molecule has 0 aliphatic heterocycles. The second-order valence-electron chi connectivity index (χ2n) is 16.6. The molecular weight excluding hydrogens is 737 g/mol. The van der Waals surface area contributed by atoms with Crippen LogP contribution in [0.25, 0.3) is 0 Å². The fraction of sp³-hybridized carbons (Fsp3) is 0.977. The van der Waals surface area contributed by atoms with Crippen LogP contribution in [-0.4, -0.2) is 96.8 Å². The van der Waals surface area contributed by atoms with Crippen LogP contribution in [0.5, 0.6) is 0 Å². The Labute approximate surface area is 340 Å². The lowest BCUT2D eigenvalue weighted by Crippen LogP contribution is -2.64. The van der Waals surface area contributed by atoms with Crippen LogP contribution < -0.4 is 5.32 Å². The van der Waals surface area contributed by atoms with Crippen molar-refractivity contribution in [1.82, 2.24) is 5.32 Å². The molecule has 1 fully saturated rings. The maximum Gasteiger partial charge on any atom is 0.472 e. The van der Waals surface area contributed by atoms with Crippen LogP contribution in [0.4, 0.5) is 0 Å². The summed E-state index contributed by atoms with van der Waals surface area (Å²) in [7, 11) is -5.05. The summed E-state index contributed by atoms with van der Waals surface area (Å²) in [6, 6.07) is -1.02. The first kappa shape index (κ1) is 53.4. The first-order chi connectivity index (χ1) is 26.9. The Kier molecular flexibility index (Phi) is 32.5. The van der Waals surface area contributed by atoms with E-state index in [0.29, 0.717) is 19.3 Å². The highest BCUT2D eigenvalue weighted by Crippen LogP contribution is 2.47. The summed E-state index contributed by atoms with van der Waals surface area (Å²) in [5, 5.41) is 64.1. The van der Waals surface area contributed by atoms with E-state index < -0.39 is 63.2 Å². The van der Waals surface area contributed by atoms with E-state index in [0.717, 1.165) is 38.5 Å². The number of phosphoric ester groups is 1. The molecule has 0 aromatic carbocycles. The van der Waals surface area contributed by atoms with Gasteiger partial charge >= 0.3 is 7.82 Å². The standard InChI is InChI=1S/C43H86NO11P/c1-3-5-7-9-11-13-15-17-19-21-23-25-27-29-31-33-37(46)44-35(34-54-56(52,53)55-43-41(50)39(48)38(47)40(49)42(43)51)36(45)32-30-28-26-24-22-20-18-16-14-12-10-8-6-4-2/h35-36,38-43,45,47-51H,3-34H2,1-2H3,(H,44,46)(H,52,53)/t35-,36+,38?,39+,40?,41?,42?,43?/m0/s1. The van der Waals surface area contributed by atoms with E-state index in [9.17, 15) is 44.9 Å². The van der Waals surface area contributed by atoms with E-state index in [4.69, 9.17) is 9.05 Å². The number of nitrogens with one attached hydrogen (secondary N) is 1. The monoisotopic (exact) mass is 824 g/mol. The highest BCUT2D eigenvalue weighted by atomic mass is 31.2. The number of phosphoric acid groups is 1. The molecule has 0 saturated heterocycles. The maximum absolute atomic E-state index is 12.9. The fourth-order valence-electron chi connectivity index (χ4n) is 7.61. The molecule has 1 amide bonds. The minimum atomic E-state index is -5.05. The quantitative estimate of drug-likeness (QED) is 0.0220. The lowest BCUT2D eigenvalue weighted by Gasteiger charge is -2.41. The maximum atomic E-state index is 12.9. The van der Waals surface area contributed by atoms with E-state index in [1.54, 1.807) is 0 Å². The largest absolute Gasteiger partial charge is 0.472 e. The fourth-order valence-corrected chi connectivity index (χ4v) is 8.58. The molecule has 12 nitrogen and oxygen atoms in total. The number of carbonyl (C=O) groups excluding carboxylic acids is 1. The third kappa shape index (κ3) is 25.7. The third-order valence-corrected chi connectivity index (χ3v) is 12.4. The molecule has 334 valence electrons. The van der Waals surface area contributed by atoms with Crippen molar-refractivity contribution in [3.8, 4) is 0 Å². The van der Waals surface area contributed by atoms with Gasteiger partial charge in [-0.05, 0) is 12.8 Å². The van der Waals surface area contributed by atoms with E-state index in [2.05, 4.69) is 19.2 Å². The summed E-state index contributed by atoms with van der Waals surface area (Å²) >= 11 is 0. The first-order valence-electron chi connectivity index (χ1n) is 23.0. The number of aliphatic hydroxyl groups is 6. The number of hydrogen-bond acceptors (Lipinski definition) is 10. The molecule has 56 heavy (non-hydrogen) atoms. The molecule has 0 spiro atoms. The number of unbranched alkanes of at least 4 members (excludes halogenated alkanes) is 27. The summed E-state index contributed by atoms with van der Waals surface area (Å²) in [4.78, 5) is 23.4. The summed E-state index contributed by atoms with van der Waals surface area (Å²) < 4.78 is 22.9. The van der Waals surface area contributed by atoms with Gasteiger partial charge in [0.2, 0.25) is 5.91 Å². The molecule has 13 heteroatoms. The van der Waals surface area contributed by atoms with Crippen molar-refractivity contribution in [2.24, 2.45) is 0 Å². The second-order valence-corrected chi connectivity index (χ2v) is 18.0. The number of carbonyl (C=O) groups is 1.